The summed E-state index contributed by atoms with van der Waals surface area (Å²) < 4.78 is 0. The highest BCUT2D eigenvalue weighted by Crippen LogP contribution is 2.44. The highest BCUT2D eigenvalue weighted by Gasteiger charge is 2.33. The molecule has 1 N–H and O–H groups in total. The van der Waals surface area contributed by atoms with E-state index in [1.54, 1.807) is 4.80 Å². The first-order valence-electron chi connectivity index (χ1n) is 14.6. The predicted octanol–water partition coefficient (Wildman–Crippen LogP) is 8.93. The van der Waals surface area contributed by atoms with Crippen molar-refractivity contribution in [1.29, 1.82) is 0 Å². The van der Waals surface area contributed by atoms with E-state index < -0.39 is 5.41 Å². The summed E-state index contributed by atoms with van der Waals surface area (Å²) in [4.78, 5) is 1.62. The standard InChI is InChI=1S/C38H37N3O/c1-26(27-16-9-6-10-17-27)31-22-15-23-33-35(31)40-41(39-33)34-25-30(37(2,3)28-18-11-7-12-19-28)24-32(36(34)42)38(4,5)29-20-13-8-14-21-29/h6-26,42H,1-5H3. The molecule has 0 fully saturated rings. The molecule has 1 unspecified atom stereocenters. The van der Waals surface area contributed by atoms with Gasteiger partial charge in [0, 0.05) is 22.3 Å². The monoisotopic (exact) mass is 551 g/mol. The SMILES string of the molecule is CC(c1ccccc1)c1cccc2nn(-c3cc(C(C)(C)c4ccccc4)cc(C(C)(C)c4ccccc4)c3O)nc12. The zero-order chi connectivity index (χ0) is 29.5. The molecular weight excluding hydrogens is 514 g/mol. The van der Waals surface area contributed by atoms with Gasteiger partial charge in [0.25, 0.3) is 0 Å². The van der Waals surface area contributed by atoms with Crippen LogP contribution in [0.4, 0.5) is 0 Å². The lowest BCUT2D eigenvalue weighted by atomic mass is 9.72. The number of fused-ring (bicyclic) bond motifs is 1. The van der Waals surface area contributed by atoms with Crippen LogP contribution in [-0.4, -0.2) is 20.1 Å². The number of phenols is 1. The second-order valence-electron chi connectivity index (χ2n) is 12.2. The van der Waals surface area contributed by atoms with Crippen LogP contribution in [-0.2, 0) is 10.8 Å². The molecule has 6 aromatic rings. The summed E-state index contributed by atoms with van der Waals surface area (Å²) in [6.07, 6.45) is 0. The van der Waals surface area contributed by atoms with E-state index in [1.165, 1.54) is 11.1 Å². The lowest BCUT2D eigenvalue weighted by Crippen LogP contribution is -2.24. The fourth-order valence-electron chi connectivity index (χ4n) is 5.98. The Morgan fingerprint density at radius 1 is 0.619 bits per heavy atom. The van der Waals surface area contributed by atoms with Crippen LogP contribution in [0.5, 0.6) is 5.75 Å². The Bertz CT molecular complexity index is 1840. The molecule has 0 saturated heterocycles. The number of phenolic OH excluding ortho intramolecular Hbond substituents is 1. The van der Waals surface area contributed by atoms with Gasteiger partial charge in [0.1, 0.15) is 22.5 Å². The van der Waals surface area contributed by atoms with Gasteiger partial charge in [-0.1, -0.05) is 144 Å². The minimum absolute atomic E-state index is 0.143. The van der Waals surface area contributed by atoms with Crippen LogP contribution in [0.25, 0.3) is 16.7 Å². The molecule has 0 aliphatic rings. The van der Waals surface area contributed by atoms with Crippen LogP contribution < -0.4 is 0 Å². The van der Waals surface area contributed by atoms with Crippen molar-refractivity contribution in [2.45, 2.75) is 51.4 Å². The molecule has 5 aromatic carbocycles. The molecule has 0 spiro atoms. The van der Waals surface area contributed by atoms with Crippen LogP contribution in [0.1, 0.15) is 73.9 Å². The molecule has 1 atom stereocenters. The van der Waals surface area contributed by atoms with Gasteiger partial charge in [-0.3, -0.25) is 0 Å². The van der Waals surface area contributed by atoms with Crippen molar-refractivity contribution in [3.05, 3.63) is 155 Å². The summed E-state index contributed by atoms with van der Waals surface area (Å²) in [5, 5.41) is 21.9. The van der Waals surface area contributed by atoms with Gasteiger partial charge < -0.3 is 5.11 Å². The topological polar surface area (TPSA) is 50.9 Å². The molecule has 4 nitrogen and oxygen atoms in total. The lowest BCUT2D eigenvalue weighted by Gasteiger charge is -2.32. The number of aromatic hydroxyl groups is 1. The Morgan fingerprint density at radius 3 is 1.81 bits per heavy atom. The molecule has 6 rings (SSSR count). The van der Waals surface area contributed by atoms with Crippen LogP contribution in [0.2, 0.25) is 0 Å². The maximum Gasteiger partial charge on any atom is 0.147 e. The van der Waals surface area contributed by atoms with E-state index in [9.17, 15) is 5.11 Å². The summed E-state index contributed by atoms with van der Waals surface area (Å²) in [5.74, 6) is 0.332. The number of nitrogens with zero attached hydrogens (tertiary/aromatic N) is 3. The molecule has 0 saturated carbocycles. The summed E-state index contributed by atoms with van der Waals surface area (Å²) in [7, 11) is 0. The van der Waals surface area contributed by atoms with Crippen molar-refractivity contribution in [3.63, 3.8) is 0 Å². The summed E-state index contributed by atoms with van der Waals surface area (Å²) in [5.41, 5.74) is 7.98. The maximum atomic E-state index is 12.0. The van der Waals surface area contributed by atoms with E-state index in [0.717, 1.165) is 33.3 Å². The smallest absolute Gasteiger partial charge is 0.147 e. The predicted molar refractivity (Wildman–Crippen MR) is 172 cm³/mol. The normalized spacial score (nSPS) is 12.9. The van der Waals surface area contributed by atoms with Crippen LogP contribution in [0.15, 0.2) is 121 Å². The fraction of sp³-hybridized carbons (Fsp3) is 0.211. The van der Waals surface area contributed by atoms with E-state index >= 15 is 0 Å². The van der Waals surface area contributed by atoms with Gasteiger partial charge in [0.05, 0.1) is 0 Å². The molecule has 1 heterocycles. The first-order chi connectivity index (χ1) is 20.2. The molecule has 0 amide bonds. The molecule has 42 heavy (non-hydrogen) atoms. The molecule has 4 heteroatoms. The van der Waals surface area contributed by atoms with Crippen molar-refractivity contribution < 1.29 is 5.11 Å². The van der Waals surface area contributed by atoms with Gasteiger partial charge in [-0.15, -0.1) is 15.0 Å². The zero-order valence-electron chi connectivity index (χ0n) is 24.9. The maximum absolute atomic E-state index is 12.0. The first kappa shape index (κ1) is 27.5. The average molecular weight is 552 g/mol. The van der Waals surface area contributed by atoms with Gasteiger partial charge in [-0.2, -0.15) is 0 Å². The van der Waals surface area contributed by atoms with Crippen molar-refractivity contribution in [3.8, 4) is 11.4 Å². The third kappa shape index (κ3) is 4.77. The van der Waals surface area contributed by atoms with Crippen LogP contribution in [0.3, 0.4) is 0 Å². The highest BCUT2D eigenvalue weighted by atomic mass is 16.3. The molecule has 1 aromatic heterocycles. The third-order valence-electron chi connectivity index (χ3n) is 8.90. The second kappa shape index (κ2) is 10.6. The number of aromatic nitrogens is 3. The minimum Gasteiger partial charge on any atom is -0.505 e. The van der Waals surface area contributed by atoms with Crippen molar-refractivity contribution in [2.24, 2.45) is 0 Å². The molecular formula is C38H37N3O. The van der Waals surface area contributed by atoms with E-state index in [-0.39, 0.29) is 17.1 Å². The van der Waals surface area contributed by atoms with E-state index in [4.69, 9.17) is 10.2 Å². The number of hydrogen-bond donors (Lipinski definition) is 1. The molecule has 0 bridgehead atoms. The molecule has 0 aliphatic heterocycles. The van der Waals surface area contributed by atoms with Crippen molar-refractivity contribution >= 4 is 11.0 Å². The fourth-order valence-corrected chi connectivity index (χ4v) is 5.98. The van der Waals surface area contributed by atoms with Gasteiger partial charge in [0.2, 0.25) is 0 Å². The first-order valence-corrected chi connectivity index (χ1v) is 14.6. The Kier molecular flexibility index (Phi) is 6.94. The zero-order valence-corrected chi connectivity index (χ0v) is 24.9. The minimum atomic E-state index is -0.470. The Hall–Kier alpha value is -4.70. The van der Waals surface area contributed by atoms with Crippen molar-refractivity contribution in [1.82, 2.24) is 15.0 Å². The van der Waals surface area contributed by atoms with Crippen LogP contribution >= 0.6 is 0 Å². The lowest BCUT2D eigenvalue weighted by molar-refractivity contribution is 0.445. The number of hydrogen-bond acceptors (Lipinski definition) is 3. The van der Waals surface area contributed by atoms with Crippen LogP contribution in [0, 0.1) is 0 Å². The Balaban J connectivity index is 1.57. The van der Waals surface area contributed by atoms with E-state index in [0.29, 0.717) is 5.69 Å². The molecule has 0 aliphatic carbocycles. The molecule has 210 valence electrons. The summed E-state index contributed by atoms with van der Waals surface area (Å²) in [6.45, 7) is 11.0. The van der Waals surface area contributed by atoms with Crippen molar-refractivity contribution in [2.75, 3.05) is 0 Å². The third-order valence-corrected chi connectivity index (χ3v) is 8.90. The average Bonchev–Trinajstić information content (AvgIpc) is 3.46. The Morgan fingerprint density at radius 2 is 1.19 bits per heavy atom. The van der Waals surface area contributed by atoms with Gasteiger partial charge >= 0.3 is 0 Å². The van der Waals surface area contributed by atoms with Gasteiger partial charge in [0.15, 0.2) is 0 Å². The second-order valence-corrected chi connectivity index (χ2v) is 12.2. The number of rotatable bonds is 7. The largest absolute Gasteiger partial charge is 0.505 e. The van der Waals surface area contributed by atoms with E-state index in [2.05, 4.69) is 107 Å². The quantitative estimate of drug-likeness (QED) is 0.215. The Labute approximate surface area is 248 Å². The molecule has 0 radical (unpaired) electrons. The summed E-state index contributed by atoms with van der Waals surface area (Å²) in [6, 6.07) is 41.7. The number of benzene rings is 5. The highest BCUT2D eigenvalue weighted by molar-refractivity contribution is 5.79. The van der Waals surface area contributed by atoms with E-state index in [1.807, 2.05) is 48.5 Å². The van der Waals surface area contributed by atoms with Gasteiger partial charge in [-0.05, 0) is 39.9 Å². The van der Waals surface area contributed by atoms with Gasteiger partial charge in [-0.25, -0.2) is 0 Å². The summed E-state index contributed by atoms with van der Waals surface area (Å²) >= 11 is 0.